The van der Waals surface area contributed by atoms with Crippen LogP contribution in [-0.4, -0.2) is 17.1 Å². The summed E-state index contributed by atoms with van der Waals surface area (Å²) in [7, 11) is 1.65. The van der Waals surface area contributed by atoms with Crippen LogP contribution in [0.3, 0.4) is 0 Å². The van der Waals surface area contributed by atoms with Crippen LogP contribution in [0.1, 0.15) is 16.8 Å². The predicted molar refractivity (Wildman–Crippen MR) is 67.3 cm³/mol. The molecule has 0 fully saturated rings. The summed E-state index contributed by atoms with van der Waals surface area (Å²) in [6.45, 7) is 0. The highest BCUT2D eigenvalue weighted by molar-refractivity contribution is 6.20. The van der Waals surface area contributed by atoms with Crippen LogP contribution in [0.15, 0.2) is 42.7 Å². The Morgan fingerprint density at radius 1 is 1.18 bits per heavy atom. The van der Waals surface area contributed by atoms with E-state index in [1.165, 1.54) is 0 Å². The lowest BCUT2D eigenvalue weighted by atomic mass is 10.1. The van der Waals surface area contributed by atoms with Crippen molar-refractivity contribution < 1.29 is 4.74 Å². The van der Waals surface area contributed by atoms with Crippen LogP contribution >= 0.6 is 11.6 Å². The van der Waals surface area contributed by atoms with E-state index in [9.17, 15) is 0 Å². The van der Waals surface area contributed by atoms with Gasteiger partial charge in [0.05, 0.1) is 12.5 Å². The SMILES string of the molecule is COc1ccccc1CC(Cl)c1ncccn1. The van der Waals surface area contributed by atoms with Gasteiger partial charge in [-0.1, -0.05) is 18.2 Å². The van der Waals surface area contributed by atoms with Crippen LogP contribution in [0.25, 0.3) is 0 Å². The van der Waals surface area contributed by atoms with E-state index < -0.39 is 0 Å². The van der Waals surface area contributed by atoms with Crippen LogP contribution in [0.4, 0.5) is 0 Å². The first-order valence-electron chi connectivity index (χ1n) is 5.34. The van der Waals surface area contributed by atoms with Gasteiger partial charge in [0, 0.05) is 12.4 Å². The highest BCUT2D eigenvalue weighted by Gasteiger charge is 2.13. The van der Waals surface area contributed by atoms with E-state index in [1.807, 2.05) is 24.3 Å². The molecule has 0 spiro atoms. The monoisotopic (exact) mass is 248 g/mol. The molecule has 88 valence electrons. The van der Waals surface area contributed by atoms with E-state index in [1.54, 1.807) is 25.6 Å². The number of alkyl halides is 1. The van der Waals surface area contributed by atoms with E-state index in [0.29, 0.717) is 12.2 Å². The molecule has 2 rings (SSSR count). The Kier molecular flexibility index (Phi) is 3.94. The summed E-state index contributed by atoms with van der Waals surface area (Å²) >= 11 is 6.29. The van der Waals surface area contributed by atoms with Crippen LogP contribution in [0.2, 0.25) is 0 Å². The number of hydrogen-bond donors (Lipinski definition) is 0. The molecular weight excluding hydrogens is 236 g/mol. The van der Waals surface area contributed by atoms with Crippen molar-refractivity contribution in [3.8, 4) is 5.75 Å². The van der Waals surface area contributed by atoms with E-state index in [2.05, 4.69) is 9.97 Å². The summed E-state index contributed by atoms with van der Waals surface area (Å²) in [5.74, 6) is 1.48. The number of para-hydroxylation sites is 1. The number of ether oxygens (including phenoxy) is 1. The first-order valence-corrected chi connectivity index (χ1v) is 5.78. The van der Waals surface area contributed by atoms with Gasteiger partial charge in [-0.3, -0.25) is 0 Å². The van der Waals surface area contributed by atoms with Crippen LogP contribution in [0, 0.1) is 0 Å². The Morgan fingerprint density at radius 3 is 2.59 bits per heavy atom. The fraction of sp³-hybridized carbons (Fsp3) is 0.231. The number of hydrogen-bond acceptors (Lipinski definition) is 3. The third kappa shape index (κ3) is 2.94. The minimum atomic E-state index is -0.243. The van der Waals surface area contributed by atoms with Gasteiger partial charge in [0.1, 0.15) is 11.6 Å². The highest BCUT2D eigenvalue weighted by Crippen LogP contribution is 2.26. The summed E-state index contributed by atoms with van der Waals surface area (Å²) in [4.78, 5) is 8.29. The molecule has 1 aromatic heterocycles. The molecule has 0 N–H and O–H groups in total. The first kappa shape index (κ1) is 11.9. The Hall–Kier alpha value is -1.61. The molecule has 3 nitrogen and oxygen atoms in total. The van der Waals surface area contributed by atoms with Gasteiger partial charge >= 0.3 is 0 Å². The quantitative estimate of drug-likeness (QED) is 0.781. The average molecular weight is 249 g/mol. The third-order valence-corrected chi connectivity index (χ3v) is 2.81. The van der Waals surface area contributed by atoms with Crippen molar-refractivity contribution in [2.75, 3.05) is 7.11 Å². The molecule has 0 bridgehead atoms. The van der Waals surface area contributed by atoms with Gasteiger partial charge in [0.25, 0.3) is 0 Å². The minimum Gasteiger partial charge on any atom is -0.496 e. The molecule has 0 saturated carbocycles. The first-order chi connectivity index (χ1) is 8.31. The Morgan fingerprint density at radius 2 is 1.88 bits per heavy atom. The van der Waals surface area contributed by atoms with Crippen molar-refractivity contribution in [2.45, 2.75) is 11.8 Å². The van der Waals surface area contributed by atoms with Crippen molar-refractivity contribution in [3.05, 3.63) is 54.1 Å². The largest absolute Gasteiger partial charge is 0.496 e. The zero-order chi connectivity index (χ0) is 12.1. The molecule has 0 aliphatic rings. The molecule has 4 heteroatoms. The van der Waals surface area contributed by atoms with Gasteiger partial charge in [0.15, 0.2) is 0 Å². The maximum Gasteiger partial charge on any atom is 0.146 e. The smallest absolute Gasteiger partial charge is 0.146 e. The summed E-state index contributed by atoms with van der Waals surface area (Å²) < 4.78 is 5.28. The lowest BCUT2D eigenvalue weighted by molar-refractivity contribution is 0.409. The van der Waals surface area contributed by atoms with E-state index in [4.69, 9.17) is 16.3 Å². The molecule has 0 aliphatic heterocycles. The number of aromatic nitrogens is 2. The van der Waals surface area contributed by atoms with Gasteiger partial charge in [0.2, 0.25) is 0 Å². The number of halogens is 1. The Bertz CT molecular complexity index is 476. The standard InChI is InChI=1S/C13H13ClN2O/c1-17-12-6-3-2-5-10(12)9-11(14)13-15-7-4-8-16-13/h2-8,11H,9H2,1H3. The summed E-state index contributed by atoms with van der Waals surface area (Å²) in [6, 6.07) is 9.59. The number of methoxy groups -OCH3 is 1. The van der Waals surface area contributed by atoms with Gasteiger partial charge in [-0.2, -0.15) is 0 Å². The van der Waals surface area contributed by atoms with Gasteiger partial charge in [-0.05, 0) is 24.1 Å². The number of benzene rings is 1. The number of nitrogens with zero attached hydrogens (tertiary/aromatic N) is 2. The zero-order valence-electron chi connectivity index (χ0n) is 9.51. The molecule has 1 heterocycles. The molecule has 1 aromatic carbocycles. The second-order valence-corrected chi connectivity index (χ2v) is 4.12. The molecular formula is C13H13ClN2O. The lowest BCUT2D eigenvalue weighted by Crippen LogP contribution is -2.02. The molecule has 0 saturated heterocycles. The van der Waals surface area contributed by atoms with E-state index in [0.717, 1.165) is 11.3 Å². The fourth-order valence-electron chi connectivity index (χ4n) is 1.63. The predicted octanol–water partition coefficient (Wildman–Crippen LogP) is 3.01. The summed E-state index contributed by atoms with van der Waals surface area (Å²) in [5.41, 5.74) is 1.06. The fourth-order valence-corrected chi connectivity index (χ4v) is 1.91. The Labute approximate surface area is 105 Å². The maximum absolute atomic E-state index is 6.29. The normalized spacial score (nSPS) is 12.1. The van der Waals surface area contributed by atoms with E-state index in [-0.39, 0.29) is 5.38 Å². The highest BCUT2D eigenvalue weighted by atomic mass is 35.5. The summed E-state index contributed by atoms with van der Waals surface area (Å²) in [6.07, 6.45) is 4.04. The van der Waals surface area contributed by atoms with Crippen molar-refractivity contribution in [2.24, 2.45) is 0 Å². The second-order valence-electron chi connectivity index (χ2n) is 3.59. The molecule has 0 amide bonds. The average Bonchev–Trinajstić information content (AvgIpc) is 2.40. The van der Waals surface area contributed by atoms with Crippen molar-refractivity contribution in [1.82, 2.24) is 9.97 Å². The maximum atomic E-state index is 6.29. The lowest BCUT2D eigenvalue weighted by Gasteiger charge is -2.11. The van der Waals surface area contributed by atoms with Crippen LogP contribution in [0.5, 0.6) is 5.75 Å². The molecule has 2 aromatic rings. The van der Waals surface area contributed by atoms with Crippen molar-refractivity contribution in [3.63, 3.8) is 0 Å². The minimum absolute atomic E-state index is 0.243. The zero-order valence-corrected chi connectivity index (χ0v) is 10.3. The third-order valence-electron chi connectivity index (χ3n) is 2.46. The van der Waals surface area contributed by atoms with Crippen LogP contribution in [-0.2, 0) is 6.42 Å². The van der Waals surface area contributed by atoms with Crippen molar-refractivity contribution >= 4 is 11.6 Å². The Balaban J connectivity index is 2.16. The van der Waals surface area contributed by atoms with Crippen molar-refractivity contribution in [1.29, 1.82) is 0 Å². The van der Waals surface area contributed by atoms with Crippen LogP contribution < -0.4 is 4.74 Å². The second kappa shape index (κ2) is 5.64. The van der Waals surface area contributed by atoms with Gasteiger partial charge in [-0.15, -0.1) is 11.6 Å². The topological polar surface area (TPSA) is 35.0 Å². The molecule has 0 radical (unpaired) electrons. The number of rotatable bonds is 4. The summed E-state index contributed by atoms with van der Waals surface area (Å²) in [5, 5.41) is -0.243. The van der Waals surface area contributed by atoms with E-state index >= 15 is 0 Å². The molecule has 0 aliphatic carbocycles. The van der Waals surface area contributed by atoms with Gasteiger partial charge < -0.3 is 4.74 Å². The molecule has 1 atom stereocenters. The van der Waals surface area contributed by atoms with Gasteiger partial charge in [-0.25, -0.2) is 9.97 Å². The molecule has 1 unspecified atom stereocenters. The molecule has 17 heavy (non-hydrogen) atoms.